The molecule has 3 rings (SSSR count). The van der Waals surface area contributed by atoms with Gasteiger partial charge in [-0.3, -0.25) is 9.78 Å². The molecule has 168 valence electrons. The van der Waals surface area contributed by atoms with Crippen molar-refractivity contribution in [1.29, 1.82) is 0 Å². The maximum atomic E-state index is 12.9. The topological polar surface area (TPSA) is 69.7 Å². The van der Waals surface area contributed by atoms with Crippen LogP contribution < -0.4 is 19.5 Å². The normalized spacial score (nSPS) is 10.5. The van der Waals surface area contributed by atoms with E-state index in [1.54, 1.807) is 30.6 Å². The Hall–Kier alpha value is -3.54. The number of hydrogen-bond donors (Lipinski definition) is 1. The van der Waals surface area contributed by atoms with Crippen LogP contribution in [0.25, 0.3) is 0 Å². The number of amides is 1. The molecular weight excluding hydrogens is 404 g/mol. The molecule has 0 aliphatic rings. The van der Waals surface area contributed by atoms with Gasteiger partial charge in [0.2, 0.25) is 0 Å². The second-order valence-corrected chi connectivity index (χ2v) is 7.38. The fraction of sp³-hybridized carbons (Fsp3) is 0.308. The van der Waals surface area contributed by atoms with Gasteiger partial charge in [0.1, 0.15) is 12.4 Å². The second-order valence-electron chi connectivity index (χ2n) is 7.38. The average Bonchev–Trinajstić information content (AvgIpc) is 2.81. The van der Waals surface area contributed by atoms with E-state index in [0.29, 0.717) is 36.9 Å². The Morgan fingerprint density at radius 2 is 1.88 bits per heavy atom. The quantitative estimate of drug-likeness (QED) is 0.386. The number of carbonyl (C=O) groups excluding carboxylic acids is 1. The first-order chi connectivity index (χ1) is 15.6. The van der Waals surface area contributed by atoms with Crippen LogP contribution in [0.2, 0.25) is 0 Å². The zero-order valence-corrected chi connectivity index (χ0v) is 18.9. The Bertz CT molecular complexity index is 1020. The Labute approximate surface area is 189 Å². The number of pyridine rings is 1. The fourth-order valence-electron chi connectivity index (χ4n) is 3.08. The van der Waals surface area contributed by atoms with E-state index in [1.807, 2.05) is 44.2 Å². The molecule has 0 fully saturated rings. The SMILES string of the molecule is CCCCOc1ccc(NC(=O)c2ccc(OCc3cccnc3)c(OCC)c2)c(C)c1. The van der Waals surface area contributed by atoms with Crippen LogP contribution in [-0.4, -0.2) is 24.1 Å². The van der Waals surface area contributed by atoms with Crippen LogP contribution in [0.5, 0.6) is 17.2 Å². The highest BCUT2D eigenvalue weighted by Crippen LogP contribution is 2.30. The van der Waals surface area contributed by atoms with E-state index in [2.05, 4.69) is 17.2 Å². The van der Waals surface area contributed by atoms with Crippen molar-refractivity contribution in [2.45, 2.75) is 40.2 Å². The molecule has 1 N–H and O–H groups in total. The summed E-state index contributed by atoms with van der Waals surface area (Å²) in [5.74, 6) is 1.70. The van der Waals surface area contributed by atoms with Crippen LogP contribution >= 0.6 is 0 Å². The minimum atomic E-state index is -0.215. The van der Waals surface area contributed by atoms with Crippen molar-refractivity contribution in [3.8, 4) is 17.2 Å². The van der Waals surface area contributed by atoms with Crippen molar-refractivity contribution in [2.24, 2.45) is 0 Å². The highest BCUT2D eigenvalue weighted by molar-refractivity contribution is 6.05. The second kappa shape index (κ2) is 11.7. The van der Waals surface area contributed by atoms with Gasteiger partial charge in [-0.1, -0.05) is 19.4 Å². The summed E-state index contributed by atoms with van der Waals surface area (Å²) in [6.45, 7) is 7.49. The molecule has 0 spiro atoms. The number of hydrogen-bond acceptors (Lipinski definition) is 5. The van der Waals surface area contributed by atoms with Crippen LogP contribution in [0.3, 0.4) is 0 Å². The number of anilines is 1. The lowest BCUT2D eigenvalue weighted by Crippen LogP contribution is -2.13. The highest BCUT2D eigenvalue weighted by atomic mass is 16.5. The van der Waals surface area contributed by atoms with Gasteiger partial charge in [0.15, 0.2) is 11.5 Å². The summed E-state index contributed by atoms with van der Waals surface area (Å²) in [5, 5.41) is 2.97. The first-order valence-electron chi connectivity index (χ1n) is 10.9. The van der Waals surface area contributed by atoms with Gasteiger partial charge >= 0.3 is 0 Å². The first kappa shape index (κ1) is 23.1. The van der Waals surface area contributed by atoms with Crippen LogP contribution in [0, 0.1) is 6.92 Å². The Kier molecular flexibility index (Phi) is 8.49. The third-order valence-corrected chi connectivity index (χ3v) is 4.84. The number of benzene rings is 2. The summed E-state index contributed by atoms with van der Waals surface area (Å²) in [4.78, 5) is 17.0. The third-order valence-electron chi connectivity index (χ3n) is 4.84. The molecule has 0 radical (unpaired) electrons. The van der Waals surface area contributed by atoms with Crippen LogP contribution in [-0.2, 0) is 6.61 Å². The predicted molar refractivity (Wildman–Crippen MR) is 126 cm³/mol. The molecule has 0 aliphatic heterocycles. The van der Waals surface area contributed by atoms with E-state index >= 15 is 0 Å². The molecule has 3 aromatic rings. The smallest absolute Gasteiger partial charge is 0.255 e. The van der Waals surface area contributed by atoms with Crippen molar-refractivity contribution >= 4 is 11.6 Å². The lowest BCUT2D eigenvalue weighted by Gasteiger charge is -2.14. The van der Waals surface area contributed by atoms with E-state index in [4.69, 9.17) is 14.2 Å². The number of rotatable bonds is 11. The van der Waals surface area contributed by atoms with Crippen molar-refractivity contribution in [3.05, 3.63) is 77.6 Å². The van der Waals surface area contributed by atoms with E-state index in [9.17, 15) is 4.79 Å². The van der Waals surface area contributed by atoms with Crippen molar-refractivity contribution < 1.29 is 19.0 Å². The van der Waals surface area contributed by atoms with Crippen molar-refractivity contribution in [3.63, 3.8) is 0 Å². The van der Waals surface area contributed by atoms with Gasteiger partial charge in [-0.25, -0.2) is 0 Å². The molecule has 1 amide bonds. The predicted octanol–water partition coefficient (Wildman–Crippen LogP) is 5.80. The molecule has 0 saturated heterocycles. The molecule has 1 heterocycles. The minimum Gasteiger partial charge on any atom is -0.494 e. The average molecular weight is 435 g/mol. The Morgan fingerprint density at radius 1 is 1.00 bits per heavy atom. The lowest BCUT2D eigenvalue weighted by molar-refractivity contribution is 0.102. The van der Waals surface area contributed by atoms with Gasteiger partial charge in [0.25, 0.3) is 5.91 Å². The van der Waals surface area contributed by atoms with Gasteiger partial charge in [-0.2, -0.15) is 0 Å². The molecule has 1 aromatic heterocycles. The van der Waals surface area contributed by atoms with E-state index in [0.717, 1.165) is 35.4 Å². The molecule has 2 aromatic carbocycles. The number of carbonyl (C=O) groups is 1. The summed E-state index contributed by atoms with van der Waals surface area (Å²) in [7, 11) is 0. The summed E-state index contributed by atoms with van der Waals surface area (Å²) >= 11 is 0. The van der Waals surface area contributed by atoms with Crippen LogP contribution in [0.15, 0.2) is 60.9 Å². The molecule has 0 aliphatic carbocycles. The number of aryl methyl sites for hydroxylation is 1. The summed E-state index contributed by atoms with van der Waals surface area (Å²) in [6, 6.07) is 14.7. The zero-order chi connectivity index (χ0) is 22.8. The van der Waals surface area contributed by atoms with Gasteiger partial charge in [0.05, 0.1) is 13.2 Å². The van der Waals surface area contributed by atoms with E-state index in [1.165, 1.54) is 0 Å². The zero-order valence-electron chi connectivity index (χ0n) is 18.9. The van der Waals surface area contributed by atoms with Crippen LogP contribution in [0.1, 0.15) is 48.2 Å². The maximum absolute atomic E-state index is 12.9. The van der Waals surface area contributed by atoms with Gasteiger partial charge in [-0.15, -0.1) is 0 Å². The maximum Gasteiger partial charge on any atom is 0.255 e. The Balaban J connectivity index is 1.68. The standard InChI is InChI=1S/C26H30N2O4/c1-4-6-14-31-22-10-11-23(19(3)15-22)28-26(29)21-9-12-24(25(16-21)30-5-2)32-18-20-8-7-13-27-17-20/h7-13,15-17H,4-6,14,18H2,1-3H3,(H,28,29). The minimum absolute atomic E-state index is 0.215. The fourth-order valence-corrected chi connectivity index (χ4v) is 3.08. The molecule has 0 saturated carbocycles. The molecule has 0 unspecified atom stereocenters. The van der Waals surface area contributed by atoms with Gasteiger partial charge in [0, 0.05) is 29.2 Å². The van der Waals surface area contributed by atoms with E-state index in [-0.39, 0.29) is 5.91 Å². The number of ether oxygens (including phenoxy) is 3. The Morgan fingerprint density at radius 3 is 2.59 bits per heavy atom. The molecule has 32 heavy (non-hydrogen) atoms. The van der Waals surface area contributed by atoms with Gasteiger partial charge < -0.3 is 19.5 Å². The monoisotopic (exact) mass is 434 g/mol. The molecule has 0 bridgehead atoms. The highest BCUT2D eigenvalue weighted by Gasteiger charge is 2.13. The number of nitrogens with zero attached hydrogens (tertiary/aromatic N) is 1. The number of aromatic nitrogens is 1. The molecule has 0 atom stereocenters. The van der Waals surface area contributed by atoms with Gasteiger partial charge in [-0.05, 0) is 68.3 Å². The summed E-state index contributed by atoms with van der Waals surface area (Å²) < 4.78 is 17.3. The molecular formula is C26H30N2O4. The largest absolute Gasteiger partial charge is 0.494 e. The van der Waals surface area contributed by atoms with Crippen molar-refractivity contribution in [2.75, 3.05) is 18.5 Å². The molecule has 6 nitrogen and oxygen atoms in total. The van der Waals surface area contributed by atoms with Crippen LogP contribution in [0.4, 0.5) is 5.69 Å². The van der Waals surface area contributed by atoms with E-state index < -0.39 is 0 Å². The first-order valence-corrected chi connectivity index (χ1v) is 10.9. The third kappa shape index (κ3) is 6.48. The number of unbranched alkanes of at least 4 members (excludes halogenated alkanes) is 1. The summed E-state index contributed by atoms with van der Waals surface area (Å²) in [5.41, 5.74) is 3.13. The molecule has 6 heteroatoms. The van der Waals surface area contributed by atoms with Crippen molar-refractivity contribution in [1.82, 2.24) is 4.98 Å². The summed E-state index contributed by atoms with van der Waals surface area (Å²) in [6.07, 6.45) is 5.58. The number of nitrogens with one attached hydrogen (secondary N) is 1. The lowest BCUT2D eigenvalue weighted by atomic mass is 10.1.